The Balaban J connectivity index is 1.92. The average Bonchev–Trinajstić information content (AvgIpc) is 2.94. The van der Waals surface area contributed by atoms with Crippen LogP contribution in [-0.4, -0.2) is 53.9 Å². The van der Waals surface area contributed by atoms with Crippen LogP contribution in [0.2, 0.25) is 0 Å². The molecule has 6 heteroatoms. The van der Waals surface area contributed by atoms with Crippen molar-refractivity contribution in [2.24, 2.45) is 12.0 Å². The SMILES string of the molecule is C/C=C/CCNC(=NC)N1CCOC(c2cnn(C)c2)C1. The molecule has 0 aromatic carbocycles. The highest BCUT2D eigenvalue weighted by Crippen LogP contribution is 2.21. The topological polar surface area (TPSA) is 54.7 Å². The van der Waals surface area contributed by atoms with E-state index < -0.39 is 0 Å². The first-order chi connectivity index (χ1) is 10.2. The minimum absolute atomic E-state index is 0.0570. The van der Waals surface area contributed by atoms with E-state index in [-0.39, 0.29) is 6.10 Å². The summed E-state index contributed by atoms with van der Waals surface area (Å²) in [5.41, 5.74) is 1.12. The molecule has 0 amide bonds. The van der Waals surface area contributed by atoms with Crippen LogP contribution in [0.5, 0.6) is 0 Å². The van der Waals surface area contributed by atoms with Gasteiger partial charge in [0.05, 0.1) is 19.3 Å². The molecule has 6 nitrogen and oxygen atoms in total. The van der Waals surface area contributed by atoms with Crippen LogP contribution in [0.1, 0.15) is 25.0 Å². The summed E-state index contributed by atoms with van der Waals surface area (Å²) in [7, 11) is 3.75. The van der Waals surface area contributed by atoms with E-state index in [0.29, 0.717) is 6.61 Å². The Hall–Kier alpha value is -1.82. The Morgan fingerprint density at radius 3 is 3.14 bits per heavy atom. The summed E-state index contributed by atoms with van der Waals surface area (Å²) in [6, 6.07) is 0. The van der Waals surface area contributed by atoms with Crippen molar-refractivity contribution < 1.29 is 4.74 Å². The quantitative estimate of drug-likeness (QED) is 0.394. The van der Waals surface area contributed by atoms with Gasteiger partial charge in [0, 0.05) is 38.9 Å². The first kappa shape index (κ1) is 15.6. The lowest BCUT2D eigenvalue weighted by atomic mass is 10.1. The number of nitrogens with one attached hydrogen (secondary N) is 1. The van der Waals surface area contributed by atoms with Gasteiger partial charge in [-0.1, -0.05) is 12.2 Å². The molecule has 1 aliphatic heterocycles. The maximum Gasteiger partial charge on any atom is 0.193 e. The average molecular weight is 291 g/mol. The fourth-order valence-corrected chi connectivity index (χ4v) is 2.42. The molecule has 116 valence electrons. The molecule has 1 N–H and O–H groups in total. The highest BCUT2D eigenvalue weighted by Gasteiger charge is 2.24. The molecule has 0 aliphatic carbocycles. The van der Waals surface area contributed by atoms with Crippen molar-refractivity contribution >= 4 is 5.96 Å². The molecule has 0 spiro atoms. The van der Waals surface area contributed by atoms with Gasteiger partial charge in [-0.05, 0) is 13.3 Å². The standard InChI is InChI=1S/C15H25N5O/c1-4-5-6-7-17-15(16-2)20-8-9-21-14(12-20)13-10-18-19(3)11-13/h4-5,10-11,14H,6-9,12H2,1-3H3,(H,16,17)/b5-4+. The molecular formula is C15H25N5O. The highest BCUT2D eigenvalue weighted by molar-refractivity contribution is 5.80. The van der Waals surface area contributed by atoms with E-state index in [1.165, 1.54) is 0 Å². The summed E-state index contributed by atoms with van der Waals surface area (Å²) in [6.45, 7) is 5.30. The number of aliphatic imine (C=N–C) groups is 1. The molecule has 1 aromatic heterocycles. The number of aryl methyl sites for hydroxylation is 1. The third-order valence-corrected chi connectivity index (χ3v) is 3.50. The molecule has 1 aromatic rings. The third kappa shape index (κ3) is 4.32. The van der Waals surface area contributed by atoms with Gasteiger partial charge in [-0.3, -0.25) is 9.67 Å². The van der Waals surface area contributed by atoms with E-state index in [1.54, 1.807) is 0 Å². The molecule has 0 bridgehead atoms. The van der Waals surface area contributed by atoms with Gasteiger partial charge in [0.25, 0.3) is 0 Å². The van der Waals surface area contributed by atoms with Gasteiger partial charge < -0.3 is 15.0 Å². The lowest BCUT2D eigenvalue weighted by molar-refractivity contribution is -0.00800. The predicted molar refractivity (Wildman–Crippen MR) is 84.3 cm³/mol. The second-order valence-electron chi connectivity index (χ2n) is 5.08. The van der Waals surface area contributed by atoms with Crippen molar-refractivity contribution in [3.8, 4) is 0 Å². The number of nitrogens with zero attached hydrogens (tertiary/aromatic N) is 4. The third-order valence-electron chi connectivity index (χ3n) is 3.50. The fraction of sp³-hybridized carbons (Fsp3) is 0.600. The number of aromatic nitrogens is 2. The van der Waals surface area contributed by atoms with E-state index >= 15 is 0 Å². The van der Waals surface area contributed by atoms with Crippen LogP contribution in [0.15, 0.2) is 29.5 Å². The number of ether oxygens (including phenoxy) is 1. The predicted octanol–water partition coefficient (Wildman–Crippen LogP) is 1.33. The summed E-state index contributed by atoms with van der Waals surface area (Å²) in [4.78, 5) is 6.62. The Morgan fingerprint density at radius 2 is 2.48 bits per heavy atom. The van der Waals surface area contributed by atoms with E-state index in [2.05, 4.69) is 32.5 Å². The first-order valence-electron chi connectivity index (χ1n) is 7.41. The summed E-state index contributed by atoms with van der Waals surface area (Å²) < 4.78 is 7.66. The van der Waals surface area contributed by atoms with Gasteiger partial charge in [-0.25, -0.2) is 0 Å². The van der Waals surface area contributed by atoms with E-state index in [0.717, 1.165) is 37.6 Å². The van der Waals surface area contributed by atoms with Gasteiger partial charge >= 0.3 is 0 Å². The molecule has 0 saturated carbocycles. The second-order valence-corrected chi connectivity index (χ2v) is 5.08. The fourth-order valence-electron chi connectivity index (χ4n) is 2.42. The molecular weight excluding hydrogens is 266 g/mol. The molecule has 2 heterocycles. The normalized spacial score (nSPS) is 20.2. The number of allylic oxidation sites excluding steroid dienone is 1. The number of rotatable bonds is 4. The van der Waals surface area contributed by atoms with Crippen molar-refractivity contribution in [1.82, 2.24) is 20.0 Å². The Bertz CT molecular complexity index is 494. The van der Waals surface area contributed by atoms with Gasteiger partial charge in [0.1, 0.15) is 6.10 Å². The largest absolute Gasteiger partial charge is 0.370 e. The molecule has 1 unspecified atom stereocenters. The molecule has 21 heavy (non-hydrogen) atoms. The summed E-state index contributed by atoms with van der Waals surface area (Å²) in [6.07, 6.45) is 9.16. The van der Waals surface area contributed by atoms with Gasteiger partial charge in [-0.2, -0.15) is 5.10 Å². The summed E-state index contributed by atoms with van der Waals surface area (Å²) >= 11 is 0. The van der Waals surface area contributed by atoms with Gasteiger partial charge in [0.2, 0.25) is 0 Å². The van der Waals surface area contributed by atoms with Crippen molar-refractivity contribution in [2.75, 3.05) is 33.3 Å². The van der Waals surface area contributed by atoms with Gasteiger partial charge in [0.15, 0.2) is 5.96 Å². The number of hydrogen-bond acceptors (Lipinski definition) is 3. The number of guanidine groups is 1. The van der Waals surface area contributed by atoms with Crippen molar-refractivity contribution in [3.05, 3.63) is 30.1 Å². The van der Waals surface area contributed by atoms with Gasteiger partial charge in [-0.15, -0.1) is 0 Å². The van der Waals surface area contributed by atoms with E-state index in [4.69, 9.17) is 4.74 Å². The van der Waals surface area contributed by atoms with Crippen molar-refractivity contribution in [3.63, 3.8) is 0 Å². The second kappa shape index (κ2) is 7.83. The van der Waals surface area contributed by atoms with Crippen molar-refractivity contribution in [1.29, 1.82) is 0 Å². The molecule has 2 rings (SSSR count). The molecule has 1 aliphatic rings. The zero-order chi connectivity index (χ0) is 15.1. The lowest BCUT2D eigenvalue weighted by Gasteiger charge is -2.34. The minimum atomic E-state index is 0.0570. The minimum Gasteiger partial charge on any atom is -0.370 e. The van der Waals surface area contributed by atoms with Crippen LogP contribution in [0.25, 0.3) is 0 Å². The Morgan fingerprint density at radius 1 is 1.62 bits per heavy atom. The molecule has 1 saturated heterocycles. The van der Waals surface area contributed by atoms with Crippen LogP contribution in [-0.2, 0) is 11.8 Å². The maximum absolute atomic E-state index is 5.86. The van der Waals surface area contributed by atoms with Crippen molar-refractivity contribution in [2.45, 2.75) is 19.4 Å². The van der Waals surface area contributed by atoms with Crippen LogP contribution in [0, 0.1) is 0 Å². The number of morpholine rings is 1. The smallest absolute Gasteiger partial charge is 0.193 e. The van der Waals surface area contributed by atoms with Crippen LogP contribution in [0.4, 0.5) is 0 Å². The first-order valence-corrected chi connectivity index (χ1v) is 7.41. The zero-order valence-electron chi connectivity index (χ0n) is 13.1. The Labute approximate surface area is 126 Å². The van der Waals surface area contributed by atoms with Crippen LogP contribution in [0.3, 0.4) is 0 Å². The number of hydrogen-bond donors (Lipinski definition) is 1. The summed E-state index contributed by atoms with van der Waals surface area (Å²) in [5.74, 6) is 0.941. The molecule has 1 atom stereocenters. The summed E-state index contributed by atoms with van der Waals surface area (Å²) in [5, 5.41) is 7.62. The zero-order valence-corrected chi connectivity index (χ0v) is 13.1. The lowest BCUT2D eigenvalue weighted by Crippen LogP contribution is -2.48. The van der Waals surface area contributed by atoms with Crippen LogP contribution < -0.4 is 5.32 Å². The monoisotopic (exact) mass is 291 g/mol. The Kier molecular flexibility index (Phi) is 5.80. The van der Waals surface area contributed by atoms with E-state index in [1.807, 2.05) is 38.1 Å². The molecule has 0 radical (unpaired) electrons. The maximum atomic E-state index is 5.86. The molecule has 1 fully saturated rings. The van der Waals surface area contributed by atoms with Crippen LogP contribution >= 0.6 is 0 Å². The van der Waals surface area contributed by atoms with E-state index in [9.17, 15) is 0 Å². The highest BCUT2D eigenvalue weighted by atomic mass is 16.5.